The number of anilines is 1. The molecule has 0 aromatic heterocycles. The van der Waals surface area contributed by atoms with Crippen molar-refractivity contribution < 1.29 is 14.3 Å². The summed E-state index contributed by atoms with van der Waals surface area (Å²) in [5.41, 5.74) is 2.58. The lowest BCUT2D eigenvalue weighted by Gasteiger charge is -2.13. The fourth-order valence-corrected chi connectivity index (χ4v) is 2.83. The molecule has 0 bridgehead atoms. The summed E-state index contributed by atoms with van der Waals surface area (Å²) in [6.07, 6.45) is 3.22. The van der Waals surface area contributed by atoms with Crippen molar-refractivity contribution in [1.82, 2.24) is 0 Å². The van der Waals surface area contributed by atoms with Gasteiger partial charge < -0.3 is 14.4 Å². The Morgan fingerprint density at radius 2 is 1.92 bits per heavy atom. The minimum Gasteiger partial charge on any atom is -0.493 e. The first-order valence-corrected chi connectivity index (χ1v) is 8.05. The van der Waals surface area contributed by atoms with E-state index in [1.54, 1.807) is 37.5 Å². The minimum atomic E-state index is -0.194. The standard InChI is InChI=1S/C20H19N3O3/c1-4-12-23-16-10-6-5-9-15(16)18(20(23)24)22-21-13-14-8-7-11-17(25-2)19(14)26-3/h4-11,13H,1,12H2,2-3H3/b21-13-,22-18-. The molecular formula is C20H19N3O3. The smallest absolute Gasteiger partial charge is 0.279 e. The van der Waals surface area contributed by atoms with Crippen LogP contribution in [0.2, 0.25) is 0 Å². The van der Waals surface area contributed by atoms with Gasteiger partial charge in [-0.15, -0.1) is 11.7 Å². The summed E-state index contributed by atoms with van der Waals surface area (Å²) in [6, 6.07) is 13.0. The van der Waals surface area contributed by atoms with Gasteiger partial charge in [0.05, 0.1) is 26.1 Å². The molecule has 1 heterocycles. The quantitative estimate of drug-likeness (QED) is 0.457. The van der Waals surface area contributed by atoms with Crippen molar-refractivity contribution in [1.29, 1.82) is 0 Å². The molecule has 0 atom stereocenters. The van der Waals surface area contributed by atoms with E-state index in [0.717, 1.165) is 11.3 Å². The molecule has 0 N–H and O–H groups in total. The van der Waals surface area contributed by atoms with Gasteiger partial charge in [-0.3, -0.25) is 4.79 Å². The zero-order valence-corrected chi connectivity index (χ0v) is 14.7. The van der Waals surface area contributed by atoms with Crippen molar-refractivity contribution in [3.63, 3.8) is 0 Å². The molecule has 1 aliphatic heterocycles. The number of hydrogen-bond donors (Lipinski definition) is 0. The maximum Gasteiger partial charge on any atom is 0.279 e. The highest BCUT2D eigenvalue weighted by Crippen LogP contribution is 2.30. The van der Waals surface area contributed by atoms with E-state index in [4.69, 9.17) is 9.47 Å². The van der Waals surface area contributed by atoms with Gasteiger partial charge in [-0.25, -0.2) is 0 Å². The molecule has 0 unspecified atom stereocenters. The summed E-state index contributed by atoms with van der Waals surface area (Å²) in [5, 5.41) is 8.27. The summed E-state index contributed by atoms with van der Waals surface area (Å²) in [7, 11) is 3.13. The topological polar surface area (TPSA) is 63.5 Å². The normalized spacial score (nSPS) is 14.8. The lowest BCUT2D eigenvalue weighted by Crippen LogP contribution is -2.30. The number of ether oxygens (including phenoxy) is 2. The Balaban J connectivity index is 1.95. The van der Waals surface area contributed by atoms with Crippen LogP contribution in [0.25, 0.3) is 0 Å². The first-order chi connectivity index (χ1) is 12.7. The minimum absolute atomic E-state index is 0.194. The third-order valence-electron chi connectivity index (χ3n) is 4.00. The summed E-state index contributed by atoms with van der Waals surface area (Å²) in [5.74, 6) is 0.967. The van der Waals surface area contributed by atoms with Crippen LogP contribution in [0.5, 0.6) is 11.5 Å². The second-order valence-corrected chi connectivity index (χ2v) is 5.50. The number of fused-ring (bicyclic) bond motifs is 1. The van der Waals surface area contributed by atoms with Crippen LogP contribution in [0.4, 0.5) is 5.69 Å². The average molecular weight is 349 g/mol. The SMILES string of the molecule is C=CCN1C(=O)/C(=N\N=C/c2cccc(OC)c2OC)c2ccccc21. The maximum absolute atomic E-state index is 12.6. The van der Waals surface area contributed by atoms with Crippen LogP contribution in [0.3, 0.4) is 0 Å². The van der Waals surface area contributed by atoms with Gasteiger partial charge >= 0.3 is 0 Å². The van der Waals surface area contributed by atoms with E-state index in [0.29, 0.717) is 29.3 Å². The highest BCUT2D eigenvalue weighted by Gasteiger charge is 2.32. The Morgan fingerprint density at radius 1 is 1.12 bits per heavy atom. The number of para-hydroxylation sites is 2. The Kier molecular flexibility index (Phi) is 5.12. The molecule has 0 saturated heterocycles. The van der Waals surface area contributed by atoms with Gasteiger partial charge in [0, 0.05) is 17.7 Å². The van der Waals surface area contributed by atoms with E-state index < -0.39 is 0 Å². The van der Waals surface area contributed by atoms with E-state index >= 15 is 0 Å². The van der Waals surface area contributed by atoms with Gasteiger partial charge in [0.2, 0.25) is 0 Å². The Morgan fingerprint density at radius 3 is 2.65 bits per heavy atom. The number of carbonyl (C=O) groups excluding carboxylic acids is 1. The Bertz CT molecular complexity index is 903. The molecule has 1 aliphatic rings. The third kappa shape index (κ3) is 3.09. The molecule has 132 valence electrons. The first-order valence-electron chi connectivity index (χ1n) is 8.05. The molecular weight excluding hydrogens is 330 g/mol. The zero-order valence-electron chi connectivity index (χ0n) is 14.7. The highest BCUT2D eigenvalue weighted by molar-refractivity contribution is 6.54. The molecule has 26 heavy (non-hydrogen) atoms. The Labute approximate surface area is 152 Å². The maximum atomic E-state index is 12.6. The van der Waals surface area contributed by atoms with Crippen LogP contribution < -0.4 is 14.4 Å². The van der Waals surface area contributed by atoms with Crippen LogP contribution in [0, 0.1) is 0 Å². The van der Waals surface area contributed by atoms with Crippen molar-refractivity contribution >= 4 is 23.5 Å². The van der Waals surface area contributed by atoms with Crippen molar-refractivity contribution in [2.24, 2.45) is 10.2 Å². The van der Waals surface area contributed by atoms with Gasteiger partial charge in [0.25, 0.3) is 5.91 Å². The Hall–Kier alpha value is -3.41. The largest absolute Gasteiger partial charge is 0.493 e. The molecule has 0 spiro atoms. The summed E-state index contributed by atoms with van der Waals surface area (Å²) in [4.78, 5) is 14.3. The second kappa shape index (κ2) is 7.65. The molecule has 0 radical (unpaired) electrons. The molecule has 0 aliphatic carbocycles. The van der Waals surface area contributed by atoms with E-state index in [1.165, 1.54) is 0 Å². The van der Waals surface area contributed by atoms with E-state index in [-0.39, 0.29) is 5.91 Å². The lowest BCUT2D eigenvalue weighted by atomic mass is 10.1. The van der Waals surface area contributed by atoms with Crippen LogP contribution in [-0.4, -0.2) is 38.6 Å². The molecule has 2 aromatic carbocycles. The second-order valence-electron chi connectivity index (χ2n) is 5.50. The number of hydrogen-bond acceptors (Lipinski definition) is 5. The van der Waals surface area contributed by atoms with Crippen molar-refractivity contribution in [3.8, 4) is 11.5 Å². The van der Waals surface area contributed by atoms with Crippen molar-refractivity contribution in [2.75, 3.05) is 25.7 Å². The van der Waals surface area contributed by atoms with E-state index in [1.807, 2.05) is 36.4 Å². The van der Waals surface area contributed by atoms with Gasteiger partial charge in [0.15, 0.2) is 17.2 Å². The van der Waals surface area contributed by atoms with Gasteiger partial charge in [-0.1, -0.05) is 30.3 Å². The highest BCUT2D eigenvalue weighted by atomic mass is 16.5. The third-order valence-corrected chi connectivity index (χ3v) is 4.00. The molecule has 3 rings (SSSR count). The van der Waals surface area contributed by atoms with Gasteiger partial charge in [-0.05, 0) is 18.2 Å². The number of nitrogens with zero attached hydrogens (tertiary/aromatic N) is 3. The summed E-state index contributed by atoms with van der Waals surface area (Å²) < 4.78 is 10.6. The molecule has 6 heteroatoms. The molecule has 2 aromatic rings. The monoisotopic (exact) mass is 349 g/mol. The van der Waals surface area contributed by atoms with Crippen LogP contribution in [-0.2, 0) is 4.79 Å². The fourth-order valence-electron chi connectivity index (χ4n) is 2.83. The lowest BCUT2D eigenvalue weighted by molar-refractivity contribution is -0.112. The zero-order chi connectivity index (χ0) is 18.5. The average Bonchev–Trinajstić information content (AvgIpc) is 2.94. The van der Waals surface area contributed by atoms with Gasteiger partial charge in [-0.2, -0.15) is 5.10 Å². The molecule has 0 fully saturated rings. The predicted octanol–water partition coefficient (Wildman–Crippen LogP) is 3.06. The predicted molar refractivity (Wildman–Crippen MR) is 103 cm³/mol. The van der Waals surface area contributed by atoms with Gasteiger partial charge in [0.1, 0.15) is 0 Å². The molecule has 6 nitrogen and oxygen atoms in total. The summed E-state index contributed by atoms with van der Waals surface area (Å²) in [6.45, 7) is 4.12. The molecule has 0 saturated carbocycles. The van der Waals surface area contributed by atoms with Crippen LogP contribution in [0.15, 0.2) is 65.3 Å². The van der Waals surface area contributed by atoms with Crippen molar-refractivity contribution in [3.05, 3.63) is 66.2 Å². The first kappa shape index (κ1) is 17.4. The fraction of sp³-hybridized carbons (Fsp3) is 0.150. The summed E-state index contributed by atoms with van der Waals surface area (Å²) >= 11 is 0. The van der Waals surface area contributed by atoms with Crippen LogP contribution in [0.1, 0.15) is 11.1 Å². The number of carbonyl (C=O) groups is 1. The number of benzene rings is 2. The number of amides is 1. The number of rotatable bonds is 6. The van der Waals surface area contributed by atoms with Crippen molar-refractivity contribution in [2.45, 2.75) is 0 Å². The molecule has 1 amide bonds. The number of methoxy groups -OCH3 is 2. The van der Waals surface area contributed by atoms with E-state index in [9.17, 15) is 4.79 Å². The van der Waals surface area contributed by atoms with Crippen LogP contribution >= 0.6 is 0 Å². The van der Waals surface area contributed by atoms with E-state index in [2.05, 4.69) is 16.8 Å².